The summed E-state index contributed by atoms with van der Waals surface area (Å²) in [6, 6.07) is 5.83. The molecule has 0 amide bonds. The van der Waals surface area contributed by atoms with Gasteiger partial charge in [0.1, 0.15) is 5.82 Å². The predicted octanol–water partition coefficient (Wildman–Crippen LogP) is 4.30. The van der Waals surface area contributed by atoms with E-state index in [2.05, 4.69) is 35.1 Å². The zero-order valence-electron chi connectivity index (χ0n) is 10.6. The number of hydrogen-bond donors (Lipinski definition) is 1. The van der Waals surface area contributed by atoms with Crippen molar-refractivity contribution < 1.29 is 4.39 Å². The molecule has 0 saturated carbocycles. The van der Waals surface area contributed by atoms with Gasteiger partial charge in [-0.05, 0) is 72.8 Å². The monoisotopic (exact) mass is 301 g/mol. The van der Waals surface area contributed by atoms with Gasteiger partial charge in [0.15, 0.2) is 0 Å². The molecule has 1 aromatic carbocycles. The maximum atomic E-state index is 13.0. The molecule has 1 atom stereocenters. The molecule has 0 aliphatic heterocycles. The van der Waals surface area contributed by atoms with Gasteiger partial charge in [-0.1, -0.05) is 13.0 Å². The van der Waals surface area contributed by atoms with Gasteiger partial charge in [0.05, 0.1) is 4.47 Å². The fourth-order valence-electron chi connectivity index (χ4n) is 1.80. The van der Waals surface area contributed by atoms with Crippen molar-refractivity contribution >= 4 is 15.9 Å². The lowest BCUT2D eigenvalue weighted by atomic mass is 10.1. The highest BCUT2D eigenvalue weighted by Crippen LogP contribution is 2.18. The number of nitrogens with one attached hydrogen (secondary N) is 1. The Morgan fingerprint density at radius 2 is 2.18 bits per heavy atom. The van der Waals surface area contributed by atoms with Crippen molar-refractivity contribution in [3.63, 3.8) is 0 Å². The molecule has 17 heavy (non-hydrogen) atoms. The molecule has 96 valence electrons. The van der Waals surface area contributed by atoms with Crippen molar-refractivity contribution in [3.05, 3.63) is 34.1 Å². The van der Waals surface area contributed by atoms with Gasteiger partial charge in [-0.15, -0.1) is 0 Å². The van der Waals surface area contributed by atoms with Crippen LogP contribution in [0.2, 0.25) is 0 Å². The van der Waals surface area contributed by atoms with Crippen LogP contribution in [-0.4, -0.2) is 12.6 Å². The van der Waals surface area contributed by atoms with Crippen LogP contribution in [0.3, 0.4) is 0 Å². The fourth-order valence-corrected chi connectivity index (χ4v) is 2.23. The van der Waals surface area contributed by atoms with Crippen molar-refractivity contribution in [3.8, 4) is 0 Å². The van der Waals surface area contributed by atoms with E-state index < -0.39 is 0 Å². The van der Waals surface area contributed by atoms with E-state index in [-0.39, 0.29) is 5.82 Å². The summed E-state index contributed by atoms with van der Waals surface area (Å²) in [4.78, 5) is 0. The topological polar surface area (TPSA) is 12.0 Å². The Morgan fingerprint density at radius 3 is 2.82 bits per heavy atom. The number of aryl methyl sites for hydroxylation is 1. The highest BCUT2D eigenvalue weighted by Gasteiger charge is 2.03. The zero-order valence-corrected chi connectivity index (χ0v) is 12.2. The third kappa shape index (κ3) is 5.64. The van der Waals surface area contributed by atoms with E-state index >= 15 is 0 Å². The van der Waals surface area contributed by atoms with Crippen LogP contribution in [0.25, 0.3) is 0 Å². The Hall–Kier alpha value is -0.410. The maximum Gasteiger partial charge on any atom is 0.137 e. The van der Waals surface area contributed by atoms with Crippen molar-refractivity contribution in [2.75, 3.05) is 6.54 Å². The van der Waals surface area contributed by atoms with Crippen molar-refractivity contribution in [2.45, 2.75) is 45.6 Å². The summed E-state index contributed by atoms with van der Waals surface area (Å²) in [5, 5.41) is 3.47. The van der Waals surface area contributed by atoms with Crippen molar-refractivity contribution in [1.82, 2.24) is 5.32 Å². The van der Waals surface area contributed by atoms with Gasteiger partial charge in [0.25, 0.3) is 0 Å². The largest absolute Gasteiger partial charge is 0.314 e. The first-order valence-corrected chi connectivity index (χ1v) is 7.10. The van der Waals surface area contributed by atoms with Crippen LogP contribution >= 0.6 is 15.9 Å². The van der Waals surface area contributed by atoms with Crippen molar-refractivity contribution in [1.29, 1.82) is 0 Å². The first-order valence-electron chi connectivity index (χ1n) is 6.30. The molecular formula is C14H21BrFN. The predicted molar refractivity (Wildman–Crippen MR) is 74.8 cm³/mol. The quantitative estimate of drug-likeness (QED) is 0.792. The maximum absolute atomic E-state index is 13.0. The molecule has 0 aliphatic rings. The molecule has 0 aromatic heterocycles. The Morgan fingerprint density at radius 1 is 1.41 bits per heavy atom. The van der Waals surface area contributed by atoms with Crippen LogP contribution in [0.4, 0.5) is 4.39 Å². The van der Waals surface area contributed by atoms with Gasteiger partial charge in [0.2, 0.25) is 0 Å². The molecule has 0 aliphatic carbocycles. The third-order valence-electron chi connectivity index (χ3n) is 2.83. The molecule has 1 N–H and O–H groups in total. The van der Waals surface area contributed by atoms with Crippen LogP contribution in [0.1, 0.15) is 38.7 Å². The molecule has 0 radical (unpaired) electrons. The molecule has 0 saturated heterocycles. The van der Waals surface area contributed by atoms with Crippen LogP contribution in [0.5, 0.6) is 0 Å². The Balaban J connectivity index is 2.28. The average Bonchev–Trinajstić information content (AvgIpc) is 2.31. The second-order valence-electron chi connectivity index (χ2n) is 4.50. The summed E-state index contributed by atoms with van der Waals surface area (Å²) in [6.07, 6.45) is 4.48. The first kappa shape index (κ1) is 14.7. The highest BCUT2D eigenvalue weighted by molar-refractivity contribution is 9.10. The number of halogens is 2. The molecule has 1 aromatic rings. The van der Waals surface area contributed by atoms with Gasteiger partial charge in [0, 0.05) is 6.04 Å². The van der Waals surface area contributed by atoms with E-state index in [9.17, 15) is 4.39 Å². The van der Waals surface area contributed by atoms with Gasteiger partial charge in [-0.25, -0.2) is 4.39 Å². The van der Waals surface area contributed by atoms with E-state index in [4.69, 9.17) is 0 Å². The van der Waals surface area contributed by atoms with E-state index in [1.165, 1.54) is 18.1 Å². The van der Waals surface area contributed by atoms with Crippen LogP contribution in [-0.2, 0) is 6.42 Å². The molecular weight excluding hydrogens is 281 g/mol. The van der Waals surface area contributed by atoms with Gasteiger partial charge in [-0.2, -0.15) is 0 Å². The summed E-state index contributed by atoms with van der Waals surface area (Å²) in [7, 11) is 0. The Bertz CT molecular complexity index is 341. The second-order valence-corrected chi connectivity index (χ2v) is 5.35. The van der Waals surface area contributed by atoms with E-state index in [1.807, 2.05) is 12.1 Å². The molecule has 1 unspecified atom stereocenters. The smallest absolute Gasteiger partial charge is 0.137 e. The van der Waals surface area contributed by atoms with Crippen molar-refractivity contribution in [2.24, 2.45) is 0 Å². The minimum Gasteiger partial charge on any atom is -0.314 e. The van der Waals surface area contributed by atoms with E-state index in [0.717, 1.165) is 25.8 Å². The minimum absolute atomic E-state index is 0.188. The molecule has 0 fully saturated rings. The van der Waals surface area contributed by atoms with Gasteiger partial charge >= 0.3 is 0 Å². The molecule has 0 bridgehead atoms. The Kier molecular flexibility index (Phi) is 6.75. The normalized spacial score (nSPS) is 12.7. The summed E-state index contributed by atoms with van der Waals surface area (Å²) < 4.78 is 13.6. The molecule has 1 rings (SSSR count). The fraction of sp³-hybridized carbons (Fsp3) is 0.571. The van der Waals surface area contributed by atoms with E-state index in [1.54, 1.807) is 0 Å². The standard InChI is InChI=1S/C14H21BrFN/c1-3-9-17-11(2)5-4-6-12-7-8-14(16)13(15)10-12/h7-8,10-11,17H,3-6,9H2,1-2H3. The first-order chi connectivity index (χ1) is 8.13. The molecule has 0 spiro atoms. The van der Waals surface area contributed by atoms with Gasteiger partial charge < -0.3 is 5.32 Å². The summed E-state index contributed by atoms with van der Waals surface area (Å²) in [5.74, 6) is -0.188. The van der Waals surface area contributed by atoms with Crippen LogP contribution < -0.4 is 5.32 Å². The molecule has 1 nitrogen and oxygen atoms in total. The lowest BCUT2D eigenvalue weighted by Gasteiger charge is -2.12. The highest BCUT2D eigenvalue weighted by atomic mass is 79.9. The summed E-state index contributed by atoms with van der Waals surface area (Å²) in [6.45, 7) is 5.48. The molecule has 0 heterocycles. The van der Waals surface area contributed by atoms with E-state index in [0.29, 0.717) is 10.5 Å². The average molecular weight is 302 g/mol. The Labute approximate surface area is 112 Å². The number of hydrogen-bond acceptors (Lipinski definition) is 1. The number of rotatable bonds is 7. The zero-order chi connectivity index (χ0) is 12.7. The van der Waals surface area contributed by atoms with Crippen LogP contribution in [0, 0.1) is 5.82 Å². The SMILES string of the molecule is CCCNC(C)CCCc1ccc(F)c(Br)c1. The lowest BCUT2D eigenvalue weighted by Crippen LogP contribution is -2.26. The third-order valence-corrected chi connectivity index (χ3v) is 3.44. The molecule has 3 heteroatoms. The summed E-state index contributed by atoms with van der Waals surface area (Å²) in [5.41, 5.74) is 1.20. The lowest BCUT2D eigenvalue weighted by molar-refractivity contribution is 0.498. The number of benzene rings is 1. The van der Waals surface area contributed by atoms with Crippen LogP contribution in [0.15, 0.2) is 22.7 Å². The van der Waals surface area contributed by atoms with Gasteiger partial charge in [-0.3, -0.25) is 0 Å². The second kappa shape index (κ2) is 7.83. The summed E-state index contributed by atoms with van der Waals surface area (Å²) >= 11 is 3.21. The minimum atomic E-state index is -0.188.